The number of hydrogen-bond donors (Lipinski definition) is 2. The Morgan fingerprint density at radius 3 is 2.38 bits per heavy atom. The van der Waals surface area contributed by atoms with E-state index in [0.717, 1.165) is 25.9 Å². The Kier molecular flexibility index (Phi) is 4.16. The topological polar surface area (TPSA) is 35.5 Å². The fraction of sp³-hybridized carbons (Fsp3) is 1.00. The Bertz CT molecular complexity index is 148. The van der Waals surface area contributed by atoms with E-state index in [2.05, 4.69) is 31.1 Å². The zero-order valence-electron chi connectivity index (χ0n) is 8.95. The number of aliphatic hydroxyl groups excluding tert-OH is 1. The molecular formula is C10H22N2O. The summed E-state index contributed by atoms with van der Waals surface area (Å²) in [5, 5.41) is 12.9. The predicted octanol–water partition coefficient (Wildman–Crippen LogP) is 0.439. The second kappa shape index (κ2) is 4.94. The van der Waals surface area contributed by atoms with E-state index in [-0.39, 0.29) is 6.10 Å². The molecule has 0 radical (unpaired) electrons. The van der Waals surface area contributed by atoms with Crippen molar-refractivity contribution in [3.8, 4) is 0 Å². The molecule has 0 bridgehead atoms. The fourth-order valence-electron chi connectivity index (χ4n) is 2.20. The Balaban J connectivity index is 2.49. The highest BCUT2D eigenvalue weighted by Crippen LogP contribution is 2.14. The molecule has 0 aromatic heterocycles. The largest absolute Gasteiger partial charge is 0.390 e. The first-order valence-electron chi connectivity index (χ1n) is 5.31. The molecule has 1 heterocycles. The Morgan fingerprint density at radius 2 is 2.00 bits per heavy atom. The molecule has 0 saturated carbocycles. The summed E-state index contributed by atoms with van der Waals surface area (Å²) in [6.45, 7) is 6.09. The van der Waals surface area contributed by atoms with Gasteiger partial charge in [-0.1, -0.05) is 13.8 Å². The monoisotopic (exact) mass is 186 g/mol. The van der Waals surface area contributed by atoms with Gasteiger partial charge in [-0.05, 0) is 19.9 Å². The molecule has 0 aromatic rings. The third-order valence-electron chi connectivity index (χ3n) is 3.19. The second-order valence-corrected chi connectivity index (χ2v) is 3.93. The molecule has 2 unspecified atom stereocenters. The van der Waals surface area contributed by atoms with Gasteiger partial charge in [0.05, 0.1) is 6.10 Å². The van der Waals surface area contributed by atoms with Crippen molar-refractivity contribution in [2.24, 2.45) is 0 Å². The molecule has 1 rings (SSSR count). The van der Waals surface area contributed by atoms with E-state index in [1.807, 2.05) is 0 Å². The molecule has 1 aliphatic rings. The van der Waals surface area contributed by atoms with Gasteiger partial charge in [0.2, 0.25) is 0 Å². The first kappa shape index (κ1) is 11.0. The third kappa shape index (κ3) is 2.42. The fourth-order valence-corrected chi connectivity index (χ4v) is 2.20. The molecule has 0 aromatic carbocycles. The lowest BCUT2D eigenvalue weighted by Crippen LogP contribution is -2.46. The Hall–Kier alpha value is -0.120. The van der Waals surface area contributed by atoms with Crippen molar-refractivity contribution in [1.82, 2.24) is 10.2 Å². The van der Waals surface area contributed by atoms with E-state index < -0.39 is 0 Å². The zero-order valence-corrected chi connectivity index (χ0v) is 8.95. The highest BCUT2D eigenvalue weighted by Gasteiger charge is 2.30. The minimum atomic E-state index is -0.189. The number of nitrogens with zero attached hydrogens (tertiary/aromatic N) is 1. The number of likely N-dealkylation sites (N-methyl/N-ethyl adjacent to an activating group) is 1. The standard InChI is InChI=1S/C10H22N2O/c1-4-8(5-2)12(3)9-6-11-7-10(9)13/h8-11,13H,4-7H2,1-3H3. The highest BCUT2D eigenvalue weighted by molar-refractivity contribution is 4.89. The maximum absolute atomic E-state index is 9.70. The first-order chi connectivity index (χ1) is 6.20. The summed E-state index contributed by atoms with van der Waals surface area (Å²) in [5.41, 5.74) is 0. The molecule has 1 fully saturated rings. The van der Waals surface area contributed by atoms with Crippen LogP contribution in [-0.4, -0.2) is 48.3 Å². The van der Waals surface area contributed by atoms with Crippen LogP contribution in [0.3, 0.4) is 0 Å². The lowest BCUT2D eigenvalue weighted by atomic mass is 10.1. The normalized spacial score (nSPS) is 29.1. The quantitative estimate of drug-likeness (QED) is 0.669. The summed E-state index contributed by atoms with van der Waals surface area (Å²) in [6.07, 6.45) is 2.14. The summed E-state index contributed by atoms with van der Waals surface area (Å²) < 4.78 is 0. The average molecular weight is 186 g/mol. The van der Waals surface area contributed by atoms with Crippen LogP contribution in [0, 0.1) is 0 Å². The van der Waals surface area contributed by atoms with Gasteiger partial charge in [0.1, 0.15) is 0 Å². The van der Waals surface area contributed by atoms with E-state index in [1.165, 1.54) is 0 Å². The van der Waals surface area contributed by atoms with Gasteiger partial charge in [-0.3, -0.25) is 4.90 Å². The van der Waals surface area contributed by atoms with Crippen LogP contribution in [0.2, 0.25) is 0 Å². The summed E-state index contributed by atoms with van der Waals surface area (Å²) in [4.78, 5) is 2.32. The average Bonchev–Trinajstić information content (AvgIpc) is 2.53. The number of β-amino-alcohol motifs (C(OH)–C–C–N with tert-alkyl or cyclic N) is 1. The van der Waals surface area contributed by atoms with E-state index >= 15 is 0 Å². The van der Waals surface area contributed by atoms with Crippen LogP contribution in [0.4, 0.5) is 0 Å². The van der Waals surface area contributed by atoms with Crippen molar-refractivity contribution >= 4 is 0 Å². The number of rotatable bonds is 4. The van der Waals surface area contributed by atoms with E-state index in [1.54, 1.807) is 0 Å². The lowest BCUT2D eigenvalue weighted by molar-refractivity contribution is 0.0704. The molecule has 13 heavy (non-hydrogen) atoms. The maximum atomic E-state index is 9.70. The van der Waals surface area contributed by atoms with Crippen molar-refractivity contribution in [1.29, 1.82) is 0 Å². The Morgan fingerprint density at radius 1 is 1.38 bits per heavy atom. The van der Waals surface area contributed by atoms with Crippen molar-refractivity contribution in [2.75, 3.05) is 20.1 Å². The minimum absolute atomic E-state index is 0.189. The van der Waals surface area contributed by atoms with Crippen molar-refractivity contribution in [3.05, 3.63) is 0 Å². The minimum Gasteiger partial charge on any atom is -0.390 e. The van der Waals surface area contributed by atoms with Gasteiger partial charge < -0.3 is 10.4 Å². The summed E-state index contributed by atoms with van der Waals surface area (Å²) >= 11 is 0. The molecule has 0 amide bonds. The number of aliphatic hydroxyl groups is 1. The van der Waals surface area contributed by atoms with E-state index in [0.29, 0.717) is 12.1 Å². The van der Waals surface area contributed by atoms with Gasteiger partial charge in [-0.15, -0.1) is 0 Å². The molecular weight excluding hydrogens is 164 g/mol. The van der Waals surface area contributed by atoms with Crippen molar-refractivity contribution < 1.29 is 5.11 Å². The molecule has 1 aliphatic heterocycles. The van der Waals surface area contributed by atoms with Gasteiger partial charge in [0.15, 0.2) is 0 Å². The first-order valence-corrected chi connectivity index (χ1v) is 5.31. The molecule has 2 atom stereocenters. The smallest absolute Gasteiger partial charge is 0.0831 e. The third-order valence-corrected chi connectivity index (χ3v) is 3.19. The lowest BCUT2D eigenvalue weighted by Gasteiger charge is -2.33. The van der Waals surface area contributed by atoms with Crippen LogP contribution in [0.25, 0.3) is 0 Å². The number of nitrogens with one attached hydrogen (secondary N) is 1. The highest BCUT2D eigenvalue weighted by atomic mass is 16.3. The van der Waals surface area contributed by atoms with Crippen molar-refractivity contribution in [3.63, 3.8) is 0 Å². The number of hydrogen-bond acceptors (Lipinski definition) is 3. The van der Waals surface area contributed by atoms with Crippen molar-refractivity contribution in [2.45, 2.75) is 44.9 Å². The Labute approximate surface area is 81.1 Å². The van der Waals surface area contributed by atoms with Gasteiger partial charge in [-0.25, -0.2) is 0 Å². The summed E-state index contributed by atoms with van der Waals surface area (Å²) in [5.74, 6) is 0. The molecule has 1 saturated heterocycles. The maximum Gasteiger partial charge on any atom is 0.0831 e. The van der Waals surface area contributed by atoms with Crippen LogP contribution in [0.15, 0.2) is 0 Å². The molecule has 78 valence electrons. The van der Waals surface area contributed by atoms with Crippen LogP contribution in [-0.2, 0) is 0 Å². The molecule has 3 heteroatoms. The van der Waals surface area contributed by atoms with Gasteiger partial charge in [0.25, 0.3) is 0 Å². The van der Waals surface area contributed by atoms with E-state index in [9.17, 15) is 5.11 Å². The molecule has 0 aliphatic carbocycles. The summed E-state index contributed by atoms with van der Waals surface area (Å²) in [7, 11) is 2.12. The van der Waals surface area contributed by atoms with Gasteiger partial charge in [0, 0.05) is 25.2 Å². The van der Waals surface area contributed by atoms with Gasteiger partial charge in [-0.2, -0.15) is 0 Å². The van der Waals surface area contributed by atoms with Crippen LogP contribution < -0.4 is 5.32 Å². The zero-order chi connectivity index (χ0) is 9.84. The van der Waals surface area contributed by atoms with E-state index in [4.69, 9.17) is 0 Å². The summed E-state index contributed by atoms with van der Waals surface area (Å²) in [6, 6.07) is 0.921. The molecule has 0 spiro atoms. The molecule has 3 nitrogen and oxygen atoms in total. The molecule has 2 N–H and O–H groups in total. The SMILES string of the molecule is CCC(CC)N(C)C1CNCC1O. The van der Waals surface area contributed by atoms with Gasteiger partial charge >= 0.3 is 0 Å². The van der Waals surface area contributed by atoms with Crippen LogP contribution in [0.5, 0.6) is 0 Å². The predicted molar refractivity (Wildman–Crippen MR) is 54.8 cm³/mol. The van der Waals surface area contributed by atoms with Crippen LogP contribution >= 0.6 is 0 Å². The van der Waals surface area contributed by atoms with Crippen LogP contribution in [0.1, 0.15) is 26.7 Å². The second-order valence-electron chi connectivity index (χ2n) is 3.93.